The second-order valence-electron chi connectivity index (χ2n) is 7.17. The molecule has 9 heteroatoms. The Balaban J connectivity index is 1.45. The minimum absolute atomic E-state index is 0.143. The smallest absolute Gasteiger partial charge is 0.319 e. The van der Waals surface area contributed by atoms with Crippen LogP contribution in [-0.2, 0) is 22.7 Å². The minimum Gasteiger partial charge on any atom is -0.334 e. The predicted molar refractivity (Wildman–Crippen MR) is 110 cm³/mol. The zero-order chi connectivity index (χ0) is 21.3. The Hall–Kier alpha value is -3.39. The highest BCUT2D eigenvalue weighted by molar-refractivity contribution is 6.30. The maximum absolute atomic E-state index is 13.0. The molecule has 1 atom stereocenters. The third-order valence-electron chi connectivity index (χ3n) is 5.16. The fourth-order valence-corrected chi connectivity index (χ4v) is 3.94. The number of anilines is 1. The lowest BCUT2D eigenvalue weighted by atomic mass is 10.0. The molecule has 1 unspecified atom stereocenters. The van der Waals surface area contributed by atoms with Crippen LogP contribution >= 0.6 is 11.6 Å². The molecule has 0 aliphatic carbocycles. The number of piperidine rings is 1. The summed E-state index contributed by atoms with van der Waals surface area (Å²) in [5.74, 6) is -1.05. The topological polar surface area (TPSA) is 108 Å². The summed E-state index contributed by atoms with van der Waals surface area (Å²) in [5, 5.41) is 8.22. The first-order valence-electron chi connectivity index (χ1n) is 9.48. The lowest BCUT2D eigenvalue weighted by Crippen LogP contribution is -2.52. The molecule has 0 spiro atoms. The number of urea groups is 1. The van der Waals surface area contributed by atoms with Gasteiger partial charge in [0.1, 0.15) is 6.04 Å². The molecular weight excluding hydrogens is 408 g/mol. The summed E-state index contributed by atoms with van der Waals surface area (Å²) in [6, 6.07) is 11.1. The molecule has 0 radical (unpaired) electrons. The molecule has 0 bridgehead atoms. The molecule has 8 nitrogen and oxygen atoms in total. The van der Waals surface area contributed by atoms with Crippen molar-refractivity contribution in [2.24, 2.45) is 0 Å². The van der Waals surface area contributed by atoms with Crippen molar-refractivity contribution in [1.29, 1.82) is 0 Å². The van der Waals surface area contributed by atoms with E-state index >= 15 is 0 Å². The number of nitrogens with one attached hydrogen (secondary N) is 3. The van der Waals surface area contributed by atoms with Gasteiger partial charge in [-0.25, -0.2) is 4.79 Å². The highest BCUT2D eigenvalue weighted by Gasteiger charge is 2.39. The van der Waals surface area contributed by atoms with Crippen molar-refractivity contribution in [3.8, 4) is 0 Å². The van der Waals surface area contributed by atoms with Gasteiger partial charge in [-0.1, -0.05) is 35.9 Å². The van der Waals surface area contributed by atoms with E-state index in [2.05, 4.69) is 16.0 Å². The van der Waals surface area contributed by atoms with E-state index in [1.165, 1.54) is 4.90 Å². The molecule has 2 aliphatic heterocycles. The average molecular weight is 427 g/mol. The molecule has 1 saturated heterocycles. The molecule has 154 valence electrons. The predicted octanol–water partition coefficient (Wildman–Crippen LogP) is 2.42. The van der Waals surface area contributed by atoms with E-state index in [4.69, 9.17) is 11.6 Å². The van der Waals surface area contributed by atoms with Gasteiger partial charge in [0, 0.05) is 35.8 Å². The van der Waals surface area contributed by atoms with Crippen LogP contribution in [0.5, 0.6) is 0 Å². The summed E-state index contributed by atoms with van der Waals surface area (Å²) in [4.78, 5) is 50.3. The van der Waals surface area contributed by atoms with Crippen LogP contribution in [0.1, 0.15) is 34.3 Å². The highest BCUT2D eigenvalue weighted by Crippen LogP contribution is 2.29. The molecule has 5 amide bonds. The van der Waals surface area contributed by atoms with Gasteiger partial charge in [0.25, 0.3) is 5.91 Å². The number of nitrogens with zero attached hydrogens (tertiary/aromatic N) is 1. The number of amides is 5. The summed E-state index contributed by atoms with van der Waals surface area (Å²) in [5.41, 5.74) is 2.50. The van der Waals surface area contributed by atoms with E-state index in [0.717, 1.165) is 5.56 Å². The van der Waals surface area contributed by atoms with Gasteiger partial charge in [-0.05, 0) is 35.7 Å². The zero-order valence-corrected chi connectivity index (χ0v) is 16.7. The molecule has 30 heavy (non-hydrogen) atoms. The van der Waals surface area contributed by atoms with Crippen molar-refractivity contribution in [3.05, 3.63) is 64.2 Å². The van der Waals surface area contributed by atoms with Gasteiger partial charge < -0.3 is 15.5 Å². The van der Waals surface area contributed by atoms with E-state index in [9.17, 15) is 19.2 Å². The molecule has 3 N–H and O–H groups in total. The molecular formula is C21H19ClN4O4. The molecule has 4 rings (SSSR count). The lowest BCUT2D eigenvalue weighted by molar-refractivity contribution is -0.136. The van der Waals surface area contributed by atoms with Crippen molar-refractivity contribution in [2.75, 3.05) is 5.32 Å². The van der Waals surface area contributed by atoms with Gasteiger partial charge >= 0.3 is 6.03 Å². The number of hydrogen-bond acceptors (Lipinski definition) is 4. The summed E-state index contributed by atoms with van der Waals surface area (Å²) < 4.78 is 0. The van der Waals surface area contributed by atoms with Crippen molar-refractivity contribution in [1.82, 2.24) is 15.5 Å². The van der Waals surface area contributed by atoms with Crippen molar-refractivity contribution < 1.29 is 19.2 Å². The van der Waals surface area contributed by atoms with Crippen LogP contribution in [0.3, 0.4) is 0 Å². The monoisotopic (exact) mass is 426 g/mol. The zero-order valence-electron chi connectivity index (χ0n) is 15.9. The van der Waals surface area contributed by atoms with Crippen molar-refractivity contribution in [3.63, 3.8) is 0 Å². The van der Waals surface area contributed by atoms with E-state index in [0.29, 0.717) is 34.8 Å². The van der Waals surface area contributed by atoms with Crippen molar-refractivity contribution in [2.45, 2.75) is 32.0 Å². The number of rotatable bonds is 4. The number of imide groups is 1. The SMILES string of the molecule is O=C1CCC(N2Cc3cccc(CNC(=O)Nc4cccc(Cl)c4)c3C2=O)C(=O)N1. The van der Waals surface area contributed by atoms with Gasteiger partial charge in [0.05, 0.1) is 0 Å². The van der Waals surface area contributed by atoms with Crippen LogP contribution in [0, 0.1) is 0 Å². The normalized spacial score (nSPS) is 18.1. The van der Waals surface area contributed by atoms with Crippen LogP contribution in [-0.4, -0.2) is 34.7 Å². The Bertz CT molecular complexity index is 1060. The number of fused-ring (bicyclic) bond motifs is 1. The standard InChI is InChI=1S/C21H19ClN4O4/c22-14-5-2-6-15(9-14)24-21(30)23-10-12-3-1-4-13-11-26(20(29)18(12)13)16-7-8-17(27)25-19(16)28/h1-6,9,16H,7-8,10-11H2,(H2,23,24,30)(H,25,27,28). The maximum Gasteiger partial charge on any atom is 0.319 e. The number of halogens is 1. The highest BCUT2D eigenvalue weighted by atomic mass is 35.5. The quantitative estimate of drug-likeness (QED) is 0.652. The van der Waals surface area contributed by atoms with Gasteiger partial charge in [0.15, 0.2) is 0 Å². The minimum atomic E-state index is -0.672. The average Bonchev–Trinajstić information content (AvgIpc) is 3.03. The largest absolute Gasteiger partial charge is 0.334 e. The summed E-state index contributed by atoms with van der Waals surface area (Å²) >= 11 is 5.92. The second-order valence-corrected chi connectivity index (χ2v) is 7.61. The van der Waals surface area contributed by atoms with Crippen LogP contribution in [0.2, 0.25) is 5.02 Å². The summed E-state index contributed by atoms with van der Waals surface area (Å²) in [6.45, 7) is 0.438. The van der Waals surface area contributed by atoms with Crippen LogP contribution in [0.15, 0.2) is 42.5 Å². The van der Waals surface area contributed by atoms with Crippen LogP contribution in [0.4, 0.5) is 10.5 Å². The maximum atomic E-state index is 13.0. The Morgan fingerprint density at radius 1 is 1.17 bits per heavy atom. The first-order chi connectivity index (χ1) is 14.4. The van der Waals surface area contributed by atoms with Gasteiger partial charge in [-0.2, -0.15) is 0 Å². The molecule has 0 saturated carbocycles. The fraction of sp³-hybridized carbons (Fsp3) is 0.238. The third kappa shape index (κ3) is 3.99. The Morgan fingerprint density at radius 3 is 2.73 bits per heavy atom. The molecule has 2 aromatic rings. The number of carbonyl (C=O) groups is 4. The number of hydrogen-bond donors (Lipinski definition) is 3. The van der Waals surface area contributed by atoms with Crippen LogP contribution in [0.25, 0.3) is 0 Å². The number of carbonyl (C=O) groups excluding carboxylic acids is 4. The van der Waals surface area contributed by atoms with Gasteiger partial charge in [-0.3, -0.25) is 19.7 Å². The summed E-state index contributed by atoms with van der Waals surface area (Å²) in [7, 11) is 0. The Kier molecular flexibility index (Phi) is 5.41. The third-order valence-corrected chi connectivity index (χ3v) is 5.40. The first kappa shape index (κ1) is 19.9. The van der Waals surface area contributed by atoms with E-state index in [1.807, 2.05) is 12.1 Å². The molecule has 2 aliphatic rings. The fourth-order valence-electron chi connectivity index (χ4n) is 3.75. The molecule has 0 aromatic heterocycles. The van der Waals surface area contributed by atoms with E-state index in [-0.39, 0.29) is 24.8 Å². The second kappa shape index (κ2) is 8.16. The van der Waals surface area contributed by atoms with Gasteiger partial charge in [0.2, 0.25) is 11.8 Å². The Labute approximate surface area is 177 Å². The van der Waals surface area contributed by atoms with Crippen molar-refractivity contribution >= 4 is 41.0 Å². The van der Waals surface area contributed by atoms with E-state index < -0.39 is 18.0 Å². The molecule has 2 heterocycles. The molecule has 2 aromatic carbocycles. The van der Waals surface area contributed by atoms with Gasteiger partial charge in [-0.15, -0.1) is 0 Å². The first-order valence-corrected chi connectivity index (χ1v) is 9.86. The van der Waals surface area contributed by atoms with E-state index in [1.54, 1.807) is 30.3 Å². The summed E-state index contributed by atoms with van der Waals surface area (Å²) in [6.07, 6.45) is 0.509. The van der Waals surface area contributed by atoms with Crippen LogP contribution < -0.4 is 16.0 Å². The lowest BCUT2D eigenvalue weighted by Gasteiger charge is -2.29. The number of benzene rings is 2. The Morgan fingerprint density at radius 2 is 1.97 bits per heavy atom. The molecule has 1 fully saturated rings.